The van der Waals surface area contributed by atoms with E-state index >= 15 is 0 Å². The minimum Gasteiger partial charge on any atom is -0.258 e. The van der Waals surface area contributed by atoms with Crippen LogP contribution in [-0.2, 0) is 10.0 Å². The summed E-state index contributed by atoms with van der Waals surface area (Å²) in [6.07, 6.45) is 0. The number of sulfonamides is 1. The Morgan fingerprint density at radius 2 is 2.11 bits per heavy atom. The summed E-state index contributed by atoms with van der Waals surface area (Å²) in [4.78, 5) is 9.09. The van der Waals surface area contributed by atoms with Crippen molar-refractivity contribution >= 4 is 15.7 Å². The van der Waals surface area contributed by atoms with Crippen LogP contribution in [0.4, 0.5) is 10.1 Å². The molecule has 0 radical (unpaired) electrons. The van der Waals surface area contributed by atoms with Gasteiger partial charge in [0.25, 0.3) is 0 Å². The van der Waals surface area contributed by atoms with Crippen molar-refractivity contribution in [2.75, 3.05) is 13.6 Å². The Morgan fingerprint density at radius 1 is 1.53 bits per heavy atom. The highest BCUT2D eigenvalue weighted by molar-refractivity contribution is 7.89. The van der Waals surface area contributed by atoms with E-state index in [4.69, 9.17) is 0 Å². The maximum atomic E-state index is 13.4. The highest BCUT2D eigenvalue weighted by atomic mass is 32.2. The lowest BCUT2D eigenvalue weighted by Crippen LogP contribution is -2.29. The lowest BCUT2D eigenvalue weighted by Gasteiger charge is -2.17. The van der Waals surface area contributed by atoms with Gasteiger partial charge < -0.3 is 0 Å². The molecule has 0 atom stereocenters. The SMILES string of the molecule is C=C(C)CN(C)S(=O)(=O)c1cccc(F)c1[N+](=O)[O-]. The summed E-state index contributed by atoms with van der Waals surface area (Å²) in [6, 6.07) is 2.96. The van der Waals surface area contributed by atoms with Crippen LogP contribution in [-0.4, -0.2) is 31.2 Å². The molecule has 0 fully saturated rings. The number of hydrogen-bond donors (Lipinski definition) is 0. The number of halogens is 1. The number of benzene rings is 1. The van der Waals surface area contributed by atoms with Crippen LogP contribution in [0.1, 0.15) is 6.92 Å². The van der Waals surface area contributed by atoms with Crippen LogP contribution in [0.3, 0.4) is 0 Å². The van der Waals surface area contributed by atoms with Crippen LogP contribution < -0.4 is 0 Å². The molecular formula is C11H13FN2O4S. The average Bonchev–Trinajstić information content (AvgIpc) is 2.26. The molecule has 0 unspecified atom stereocenters. The number of para-hydroxylation sites is 1. The molecule has 6 nitrogen and oxygen atoms in total. The molecule has 1 rings (SSSR count). The van der Waals surface area contributed by atoms with Gasteiger partial charge in [-0.2, -0.15) is 8.70 Å². The smallest absolute Gasteiger partial charge is 0.258 e. The zero-order valence-corrected chi connectivity index (χ0v) is 11.3. The Hall–Kier alpha value is -1.80. The summed E-state index contributed by atoms with van der Waals surface area (Å²) in [7, 11) is -2.89. The fraction of sp³-hybridized carbons (Fsp3) is 0.273. The molecular weight excluding hydrogens is 275 g/mol. The molecule has 0 amide bonds. The molecule has 0 aliphatic rings. The molecule has 0 bridgehead atoms. The first-order valence-electron chi connectivity index (χ1n) is 5.21. The van der Waals surface area contributed by atoms with Crippen molar-refractivity contribution < 1.29 is 17.7 Å². The zero-order chi connectivity index (χ0) is 14.8. The van der Waals surface area contributed by atoms with Gasteiger partial charge in [-0.25, -0.2) is 8.42 Å². The molecule has 104 valence electrons. The van der Waals surface area contributed by atoms with Crippen LogP contribution >= 0.6 is 0 Å². The summed E-state index contributed by atoms with van der Waals surface area (Å²) >= 11 is 0. The van der Waals surface area contributed by atoms with Crippen molar-refractivity contribution in [3.05, 3.63) is 46.3 Å². The van der Waals surface area contributed by atoms with Gasteiger partial charge in [0, 0.05) is 13.6 Å². The van der Waals surface area contributed by atoms with Crippen molar-refractivity contribution in [2.24, 2.45) is 0 Å². The molecule has 0 saturated carbocycles. The number of nitro benzene ring substituents is 1. The highest BCUT2D eigenvalue weighted by Gasteiger charge is 2.32. The van der Waals surface area contributed by atoms with Crippen molar-refractivity contribution in [1.29, 1.82) is 0 Å². The number of nitro groups is 1. The van der Waals surface area contributed by atoms with Gasteiger partial charge in [-0.1, -0.05) is 18.2 Å². The maximum absolute atomic E-state index is 13.4. The van der Waals surface area contributed by atoms with Crippen molar-refractivity contribution in [1.82, 2.24) is 4.31 Å². The monoisotopic (exact) mass is 288 g/mol. The maximum Gasteiger partial charge on any atom is 0.324 e. The first-order valence-corrected chi connectivity index (χ1v) is 6.65. The minimum absolute atomic E-state index is 0.00397. The fourth-order valence-corrected chi connectivity index (χ4v) is 2.91. The van der Waals surface area contributed by atoms with Gasteiger partial charge in [-0.15, -0.1) is 0 Å². The van der Waals surface area contributed by atoms with Gasteiger partial charge in [0.05, 0.1) is 4.92 Å². The molecule has 0 aromatic heterocycles. The van der Waals surface area contributed by atoms with Crippen molar-refractivity contribution in [2.45, 2.75) is 11.8 Å². The van der Waals surface area contributed by atoms with Crippen LogP contribution in [0.25, 0.3) is 0 Å². The number of hydrogen-bond acceptors (Lipinski definition) is 4. The van der Waals surface area contributed by atoms with E-state index in [1.165, 1.54) is 7.05 Å². The second-order valence-corrected chi connectivity index (χ2v) is 6.08. The molecule has 8 heteroatoms. The van der Waals surface area contributed by atoms with Gasteiger partial charge >= 0.3 is 5.69 Å². The van der Waals surface area contributed by atoms with Gasteiger partial charge in [-0.3, -0.25) is 10.1 Å². The van der Waals surface area contributed by atoms with E-state index in [1.807, 2.05) is 0 Å². The Morgan fingerprint density at radius 3 is 2.58 bits per heavy atom. The molecule has 0 spiro atoms. The molecule has 0 N–H and O–H groups in total. The predicted octanol–water partition coefficient (Wildman–Crippen LogP) is 1.93. The second kappa shape index (κ2) is 5.45. The average molecular weight is 288 g/mol. The predicted molar refractivity (Wildman–Crippen MR) is 67.7 cm³/mol. The molecule has 1 aromatic rings. The molecule has 0 saturated heterocycles. The summed E-state index contributed by atoms with van der Waals surface area (Å²) in [5, 5.41) is 10.8. The number of likely N-dealkylation sites (N-methyl/N-ethyl adjacent to an activating group) is 1. The number of rotatable bonds is 5. The Balaban J connectivity index is 3.41. The van der Waals surface area contributed by atoms with Gasteiger partial charge in [0.1, 0.15) is 0 Å². The second-order valence-electron chi connectivity index (χ2n) is 4.06. The zero-order valence-electron chi connectivity index (χ0n) is 10.5. The third-order valence-electron chi connectivity index (χ3n) is 2.31. The van der Waals surface area contributed by atoms with Crippen LogP contribution in [0.15, 0.2) is 35.2 Å². The third-order valence-corrected chi connectivity index (χ3v) is 4.15. The normalized spacial score (nSPS) is 11.6. The highest BCUT2D eigenvalue weighted by Crippen LogP contribution is 2.28. The molecule has 0 heterocycles. The lowest BCUT2D eigenvalue weighted by atomic mass is 10.3. The van der Waals surface area contributed by atoms with Crippen molar-refractivity contribution in [3.63, 3.8) is 0 Å². The van der Waals surface area contributed by atoms with E-state index in [-0.39, 0.29) is 6.54 Å². The first kappa shape index (κ1) is 15.3. The Bertz CT molecular complexity index is 628. The lowest BCUT2D eigenvalue weighted by molar-refractivity contribution is -0.390. The quantitative estimate of drug-likeness (QED) is 0.471. The largest absolute Gasteiger partial charge is 0.324 e. The molecule has 19 heavy (non-hydrogen) atoms. The van der Waals surface area contributed by atoms with Gasteiger partial charge in [0.2, 0.25) is 15.8 Å². The van der Waals surface area contributed by atoms with Crippen LogP contribution in [0.2, 0.25) is 0 Å². The summed E-state index contributed by atoms with van der Waals surface area (Å²) in [5.41, 5.74) is -0.485. The molecule has 0 aliphatic carbocycles. The standard InChI is InChI=1S/C11H13FN2O4S/c1-8(2)7-13(3)19(17,18)10-6-4-5-9(12)11(10)14(15)16/h4-6H,1,7H2,2-3H3. The van der Waals surface area contributed by atoms with E-state index in [1.54, 1.807) is 6.92 Å². The summed E-state index contributed by atoms with van der Waals surface area (Å²) in [6.45, 7) is 5.18. The topological polar surface area (TPSA) is 80.5 Å². The Kier molecular flexibility index (Phi) is 4.38. The minimum atomic E-state index is -4.14. The fourth-order valence-electron chi connectivity index (χ4n) is 1.51. The van der Waals surface area contributed by atoms with E-state index in [0.717, 1.165) is 22.5 Å². The summed E-state index contributed by atoms with van der Waals surface area (Å²) in [5.74, 6) is -1.19. The van der Waals surface area contributed by atoms with E-state index in [0.29, 0.717) is 5.57 Å². The summed E-state index contributed by atoms with van der Waals surface area (Å²) < 4.78 is 38.6. The number of nitrogens with zero attached hydrogens (tertiary/aromatic N) is 2. The van der Waals surface area contributed by atoms with E-state index < -0.39 is 31.3 Å². The van der Waals surface area contributed by atoms with Crippen LogP contribution in [0, 0.1) is 15.9 Å². The third kappa shape index (κ3) is 3.15. The first-order chi connectivity index (χ1) is 8.67. The molecule has 1 aromatic carbocycles. The van der Waals surface area contributed by atoms with E-state index in [2.05, 4.69) is 6.58 Å². The van der Waals surface area contributed by atoms with Gasteiger partial charge in [0.15, 0.2) is 4.90 Å². The van der Waals surface area contributed by atoms with Gasteiger partial charge in [-0.05, 0) is 19.1 Å². The van der Waals surface area contributed by atoms with Crippen molar-refractivity contribution in [3.8, 4) is 0 Å². The van der Waals surface area contributed by atoms with E-state index in [9.17, 15) is 22.9 Å². The van der Waals surface area contributed by atoms with Crippen LogP contribution in [0.5, 0.6) is 0 Å². The molecule has 0 aliphatic heterocycles. The Labute approximate surface area is 110 Å².